The molecule has 0 aromatic heterocycles. The van der Waals surface area contributed by atoms with Gasteiger partial charge in [-0.1, -0.05) is 32.3 Å². The highest BCUT2D eigenvalue weighted by Gasteiger charge is 2.08. The van der Waals surface area contributed by atoms with Gasteiger partial charge in [-0.2, -0.15) is 5.26 Å². The largest absolute Gasteiger partial charge is 0.489 e. The van der Waals surface area contributed by atoms with Crippen LogP contribution in [0.2, 0.25) is 0 Å². The fraction of sp³-hybridized carbons (Fsp3) is 0.562. The Morgan fingerprint density at radius 2 is 2.06 bits per heavy atom. The van der Waals surface area contributed by atoms with E-state index in [0.29, 0.717) is 5.56 Å². The maximum atomic E-state index is 9.04. The van der Waals surface area contributed by atoms with Crippen LogP contribution in [0.25, 0.3) is 0 Å². The van der Waals surface area contributed by atoms with Crippen LogP contribution >= 0.6 is 0 Å². The predicted octanol–water partition coefficient (Wildman–Crippen LogP) is 4.60. The van der Waals surface area contributed by atoms with Crippen LogP contribution in [0.4, 0.5) is 0 Å². The summed E-state index contributed by atoms with van der Waals surface area (Å²) in [6, 6.07) is 7.89. The number of benzene rings is 1. The highest BCUT2D eigenvalue weighted by molar-refractivity contribution is 5.45. The van der Waals surface area contributed by atoms with Crippen molar-refractivity contribution in [1.82, 2.24) is 0 Å². The first-order valence-corrected chi connectivity index (χ1v) is 6.84. The molecule has 0 aliphatic carbocycles. The van der Waals surface area contributed by atoms with Gasteiger partial charge in [-0.05, 0) is 44.4 Å². The maximum absolute atomic E-state index is 9.04. The second-order valence-electron chi connectivity index (χ2n) is 4.89. The van der Waals surface area contributed by atoms with Crippen molar-refractivity contribution < 1.29 is 4.74 Å². The summed E-state index contributed by atoms with van der Waals surface area (Å²) in [5, 5.41) is 9.04. The molecule has 0 aliphatic rings. The summed E-state index contributed by atoms with van der Waals surface area (Å²) in [5.74, 6) is 0.723. The molecule has 0 N–H and O–H groups in total. The monoisotopic (exact) mass is 245 g/mol. The smallest absolute Gasteiger partial charge is 0.137 e. The van der Waals surface area contributed by atoms with Crippen LogP contribution < -0.4 is 4.74 Å². The number of hydrogen-bond acceptors (Lipinski definition) is 2. The van der Waals surface area contributed by atoms with Crippen molar-refractivity contribution in [3.8, 4) is 11.8 Å². The molecule has 1 unspecified atom stereocenters. The fourth-order valence-corrected chi connectivity index (χ4v) is 1.95. The summed E-state index contributed by atoms with van der Waals surface area (Å²) in [6.07, 6.45) is 6.24. The van der Waals surface area contributed by atoms with Crippen LogP contribution in [0, 0.1) is 18.3 Å². The molecular formula is C16H23NO. The third-order valence-corrected chi connectivity index (χ3v) is 3.05. The summed E-state index contributed by atoms with van der Waals surface area (Å²) < 4.78 is 5.87. The van der Waals surface area contributed by atoms with Gasteiger partial charge in [0.1, 0.15) is 11.8 Å². The van der Waals surface area contributed by atoms with Crippen molar-refractivity contribution in [2.75, 3.05) is 0 Å². The fourth-order valence-electron chi connectivity index (χ4n) is 1.95. The molecule has 0 fully saturated rings. The van der Waals surface area contributed by atoms with Gasteiger partial charge in [-0.3, -0.25) is 0 Å². The zero-order valence-corrected chi connectivity index (χ0v) is 11.7. The second kappa shape index (κ2) is 7.76. The predicted molar refractivity (Wildman–Crippen MR) is 74.7 cm³/mol. The van der Waals surface area contributed by atoms with Gasteiger partial charge in [0.2, 0.25) is 0 Å². The van der Waals surface area contributed by atoms with Crippen molar-refractivity contribution in [3.63, 3.8) is 0 Å². The lowest BCUT2D eigenvalue weighted by Crippen LogP contribution is -2.12. The minimum atomic E-state index is 0.177. The molecule has 2 heteroatoms. The molecule has 0 heterocycles. The molecule has 0 aliphatic heterocycles. The van der Waals surface area contributed by atoms with E-state index in [-0.39, 0.29) is 6.10 Å². The Balaban J connectivity index is 2.51. The topological polar surface area (TPSA) is 33.0 Å². The van der Waals surface area contributed by atoms with Crippen molar-refractivity contribution in [1.29, 1.82) is 5.26 Å². The Morgan fingerprint density at radius 3 is 2.72 bits per heavy atom. The summed E-state index contributed by atoms with van der Waals surface area (Å²) >= 11 is 0. The lowest BCUT2D eigenvalue weighted by molar-refractivity contribution is 0.205. The number of aryl methyl sites for hydroxylation is 1. The molecular weight excluding hydrogens is 222 g/mol. The van der Waals surface area contributed by atoms with E-state index in [1.54, 1.807) is 0 Å². The quantitative estimate of drug-likeness (QED) is 0.657. The van der Waals surface area contributed by atoms with Crippen molar-refractivity contribution >= 4 is 0 Å². The van der Waals surface area contributed by atoms with Gasteiger partial charge in [0, 0.05) is 0 Å². The van der Waals surface area contributed by atoms with Gasteiger partial charge >= 0.3 is 0 Å². The minimum Gasteiger partial charge on any atom is -0.489 e. The molecule has 18 heavy (non-hydrogen) atoms. The SMILES string of the molecule is CCCCCCC(C)Oc1cc(C)ccc1C#N. The highest BCUT2D eigenvalue weighted by Crippen LogP contribution is 2.22. The zero-order chi connectivity index (χ0) is 13.4. The van der Waals surface area contributed by atoms with Crippen molar-refractivity contribution in [2.24, 2.45) is 0 Å². The van der Waals surface area contributed by atoms with Crippen LogP contribution in [0.15, 0.2) is 18.2 Å². The van der Waals surface area contributed by atoms with Crippen LogP contribution in [0.5, 0.6) is 5.75 Å². The molecule has 0 saturated heterocycles. The van der Waals surface area contributed by atoms with Crippen molar-refractivity contribution in [3.05, 3.63) is 29.3 Å². The highest BCUT2D eigenvalue weighted by atomic mass is 16.5. The molecule has 98 valence electrons. The molecule has 0 amide bonds. The summed E-state index contributed by atoms with van der Waals surface area (Å²) in [5.41, 5.74) is 1.75. The molecule has 0 bridgehead atoms. The molecule has 1 atom stereocenters. The molecule has 0 radical (unpaired) electrons. The Kier molecular flexibility index (Phi) is 6.28. The van der Waals surface area contributed by atoms with E-state index in [1.807, 2.05) is 25.1 Å². The first-order valence-electron chi connectivity index (χ1n) is 6.84. The first-order chi connectivity index (χ1) is 8.67. The van der Waals surface area contributed by atoms with Gasteiger partial charge in [0.05, 0.1) is 11.7 Å². The Labute approximate surface area is 111 Å². The average Bonchev–Trinajstić information content (AvgIpc) is 2.35. The zero-order valence-electron chi connectivity index (χ0n) is 11.7. The van der Waals surface area contributed by atoms with Crippen LogP contribution in [0.1, 0.15) is 57.1 Å². The van der Waals surface area contributed by atoms with Gasteiger partial charge in [-0.15, -0.1) is 0 Å². The number of hydrogen-bond donors (Lipinski definition) is 0. The van der Waals surface area contributed by atoms with Gasteiger partial charge in [0.15, 0.2) is 0 Å². The van der Waals surface area contributed by atoms with E-state index in [4.69, 9.17) is 10.00 Å². The van der Waals surface area contributed by atoms with E-state index in [2.05, 4.69) is 19.9 Å². The second-order valence-corrected chi connectivity index (χ2v) is 4.89. The number of nitrogens with zero attached hydrogens (tertiary/aromatic N) is 1. The number of rotatable bonds is 7. The van der Waals surface area contributed by atoms with Gasteiger partial charge < -0.3 is 4.74 Å². The van der Waals surface area contributed by atoms with E-state index >= 15 is 0 Å². The average molecular weight is 245 g/mol. The third kappa shape index (κ3) is 4.79. The Morgan fingerprint density at radius 1 is 1.28 bits per heavy atom. The molecule has 1 rings (SSSR count). The third-order valence-electron chi connectivity index (χ3n) is 3.05. The van der Waals surface area contributed by atoms with Crippen LogP contribution in [0.3, 0.4) is 0 Å². The van der Waals surface area contributed by atoms with Crippen molar-refractivity contribution in [2.45, 2.75) is 59.0 Å². The molecule has 1 aromatic rings. The molecule has 0 saturated carbocycles. The Hall–Kier alpha value is -1.49. The molecule has 1 aromatic carbocycles. The summed E-state index contributed by atoms with van der Waals surface area (Å²) in [6.45, 7) is 6.31. The number of unbranched alkanes of at least 4 members (excludes halogenated alkanes) is 3. The van der Waals surface area contributed by atoms with E-state index < -0.39 is 0 Å². The number of ether oxygens (including phenoxy) is 1. The molecule has 0 spiro atoms. The van der Waals surface area contributed by atoms with Gasteiger partial charge in [-0.25, -0.2) is 0 Å². The van der Waals surface area contributed by atoms with E-state index in [9.17, 15) is 0 Å². The standard InChI is InChI=1S/C16H23NO/c1-4-5-6-7-8-14(3)18-16-11-13(2)9-10-15(16)12-17/h9-11,14H,4-8H2,1-3H3. The Bertz CT molecular complexity index is 406. The van der Waals surface area contributed by atoms with E-state index in [0.717, 1.165) is 17.7 Å². The lowest BCUT2D eigenvalue weighted by Gasteiger charge is -2.16. The van der Waals surface area contributed by atoms with Crippen LogP contribution in [-0.4, -0.2) is 6.10 Å². The van der Waals surface area contributed by atoms with E-state index in [1.165, 1.54) is 25.7 Å². The minimum absolute atomic E-state index is 0.177. The normalized spacial score (nSPS) is 11.9. The first kappa shape index (κ1) is 14.6. The van der Waals surface area contributed by atoms with Crippen LogP contribution in [-0.2, 0) is 0 Å². The summed E-state index contributed by atoms with van der Waals surface area (Å²) in [4.78, 5) is 0. The maximum Gasteiger partial charge on any atom is 0.137 e. The summed E-state index contributed by atoms with van der Waals surface area (Å²) in [7, 11) is 0. The lowest BCUT2D eigenvalue weighted by atomic mass is 10.1. The molecule has 2 nitrogen and oxygen atoms in total. The number of nitriles is 1. The van der Waals surface area contributed by atoms with Gasteiger partial charge in [0.25, 0.3) is 0 Å².